The topological polar surface area (TPSA) is 101 Å². The molecule has 0 heterocycles. The molecule has 120 valence electrons. The molecule has 1 aromatic carbocycles. The first-order valence-electron chi connectivity index (χ1n) is 7.09. The molecule has 0 atom stereocenters. The van der Waals surface area contributed by atoms with Gasteiger partial charge in [-0.1, -0.05) is 0 Å². The van der Waals surface area contributed by atoms with Gasteiger partial charge in [0.15, 0.2) is 9.84 Å². The SMILES string of the molecule is CC(C)S(=O)(=O)c1ccc(C(=O)NC2CC(C(=O)O)C2)cc1. The normalized spacial score (nSPS) is 21.2. The van der Waals surface area contributed by atoms with Crippen LogP contribution in [0, 0.1) is 5.92 Å². The number of carbonyl (C=O) groups is 2. The molecular weight excluding hydrogens is 306 g/mol. The van der Waals surface area contributed by atoms with Crippen molar-refractivity contribution in [2.45, 2.75) is 42.9 Å². The molecule has 6 nitrogen and oxygen atoms in total. The van der Waals surface area contributed by atoms with Gasteiger partial charge < -0.3 is 10.4 Å². The van der Waals surface area contributed by atoms with Crippen molar-refractivity contribution in [3.05, 3.63) is 29.8 Å². The van der Waals surface area contributed by atoms with Gasteiger partial charge in [-0.2, -0.15) is 0 Å². The van der Waals surface area contributed by atoms with Gasteiger partial charge in [-0.05, 0) is 51.0 Å². The van der Waals surface area contributed by atoms with Gasteiger partial charge in [-0.15, -0.1) is 0 Å². The van der Waals surface area contributed by atoms with E-state index in [4.69, 9.17) is 5.11 Å². The molecule has 0 unspecified atom stereocenters. The Morgan fingerprint density at radius 1 is 1.18 bits per heavy atom. The number of sulfone groups is 1. The van der Waals surface area contributed by atoms with Gasteiger partial charge in [0, 0.05) is 11.6 Å². The monoisotopic (exact) mass is 325 g/mol. The average molecular weight is 325 g/mol. The molecule has 7 heteroatoms. The second kappa shape index (κ2) is 6.08. The summed E-state index contributed by atoms with van der Waals surface area (Å²) in [7, 11) is -3.35. The summed E-state index contributed by atoms with van der Waals surface area (Å²) in [4.78, 5) is 22.9. The first-order valence-corrected chi connectivity index (χ1v) is 8.64. The van der Waals surface area contributed by atoms with Crippen molar-refractivity contribution in [2.24, 2.45) is 5.92 Å². The highest BCUT2D eigenvalue weighted by Crippen LogP contribution is 2.27. The Bertz CT molecular complexity index is 672. The van der Waals surface area contributed by atoms with Crippen LogP contribution in [0.2, 0.25) is 0 Å². The molecule has 2 rings (SSSR count). The summed E-state index contributed by atoms with van der Waals surface area (Å²) in [5, 5.41) is 11.0. The van der Waals surface area contributed by atoms with Gasteiger partial charge in [0.05, 0.1) is 16.1 Å². The minimum atomic E-state index is -3.35. The van der Waals surface area contributed by atoms with E-state index in [-0.39, 0.29) is 22.8 Å². The Morgan fingerprint density at radius 3 is 2.18 bits per heavy atom. The number of benzene rings is 1. The van der Waals surface area contributed by atoms with Crippen LogP contribution >= 0.6 is 0 Å². The number of nitrogens with one attached hydrogen (secondary N) is 1. The molecule has 1 aliphatic carbocycles. The highest BCUT2D eigenvalue weighted by atomic mass is 32.2. The number of carboxylic acid groups (broad SMARTS) is 1. The van der Waals surface area contributed by atoms with Crippen molar-refractivity contribution in [1.29, 1.82) is 0 Å². The summed E-state index contributed by atoms with van der Waals surface area (Å²) >= 11 is 0. The van der Waals surface area contributed by atoms with Crippen LogP contribution in [-0.4, -0.2) is 36.7 Å². The van der Waals surface area contributed by atoms with Crippen molar-refractivity contribution < 1.29 is 23.1 Å². The second-order valence-electron chi connectivity index (χ2n) is 5.80. The predicted molar refractivity (Wildman–Crippen MR) is 80.4 cm³/mol. The van der Waals surface area contributed by atoms with Crippen LogP contribution in [0.3, 0.4) is 0 Å². The zero-order valence-electron chi connectivity index (χ0n) is 12.4. The van der Waals surface area contributed by atoms with Gasteiger partial charge in [0.2, 0.25) is 0 Å². The Kier molecular flexibility index (Phi) is 4.55. The highest BCUT2D eigenvalue weighted by Gasteiger charge is 2.35. The van der Waals surface area contributed by atoms with E-state index in [9.17, 15) is 18.0 Å². The van der Waals surface area contributed by atoms with Crippen molar-refractivity contribution in [3.8, 4) is 0 Å². The fraction of sp³-hybridized carbons (Fsp3) is 0.467. The fourth-order valence-electron chi connectivity index (χ4n) is 2.27. The van der Waals surface area contributed by atoms with E-state index in [2.05, 4.69) is 5.32 Å². The lowest BCUT2D eigenvalue weighted by Gasteiger charge is -2.32. The summed E-state index contributed by atoms with van der Waals surface area (Å²) in [5.74, 6) is -1.54. The minimum absolute atomic E-state index is 0.132. The van der Waals surface area contributed by atoms with E-state index in [1.54, 1.807) is 13.8 Å². The van der Waals surface area contributed by atoms with E-state index in [1.807, 2.05) is 0 Å². The molecule has 1 aliphatic rings. The predicted octanol–water partition coefficient (Wildman–Crippen LogP) is 1.46. The van der Waals surface area contributed by atoms with Crippen molar-refractivity contribution in [3.63, 3.8) is 0 Å². The summed E-state index contributed by atoms with van der Waals surface area (Å²) in [5.41, 5.74) is 0.362. The summed E-state index contributed by atoms with van der Waals surface area (Å²) in [6, 6.07) is 5.65. The van der Waals surface area contributed by atoms with Gasteiger partial charge in [0.1, 0.15) is 0 Å². The lowest BCUT2D eigenvalue weighted by atomic mass is 9.80. The largest absolute Gasteiger partial charge is 0.481 e. The molecule has 1 amide bonds. The Balaban J connectivity index is 1.99. The van der Waals surface area contributed by atoms with Crippen LogP contribution in [-0.2, 0) is 14.6 Å². The third-order valence-electron chi connectivity index (χ3n) is 3.89. The van der Waals surface area contributed by atoms with Crippen molar-refractivity contribution >= 4 is 21.7 Å². The van der Waals surface area contributed by atoms with Crippen LogP contribution in [0.4, 0.5) is 0 Å². The maximum absolute atomic E-state index is 12.0. The number of hydrogen-bond acceptors (Lipinski definition) is 4. The van der Waals surface area contributed by atoms with Crippen LogP contribution in [0.1, 0.15) is 37.0 Å². The zero-order chi connectivity index (χ0) is 16.5. The quantitative estimate of drug-likeness (QED) is 0.853. The van der Waals surface area contributed by atoms with Crippen molar-refractivity contribution in [1.82, 2.24) is 5.32 Å². The first kappa shape index (κ1) is 16.5. The molecule has 0 aromatic heterocycles. The minimum Gasteiger partial charge on any atom is -0.481 e. The van der Waals surface area contributed by atoms with Crippen LogP contribution in [0.5, 0.6) is 0 Å². The molecule has 0 bridgehead atoms. The van der Waals surface area contributed by atoms with E-state index < -0.39 is 21.1 Å². The van der Waals surface area contributed by atoms with Gasteiger partial charge in [0.25, 0.3) is 5.91 Å². The molecule has 0 spiro atoms. The molecule has 0 saturated heterocycles. The number of carboxylic acids is 1. The van der Waals surface area contributed by atoms with Gasteiger partial charge in [-0.25, -0.2) is 8.42 Å². The Morgan fingerprint density at radius 2 is 1.73 bits per heavy atom. The third-order valence-corrected chi connectivity index (χ3v) is 6.06. The van der Waals surface area contributed by atoms with E-state index in [1.165, 1.54) is 24.3 Å². The maximum Gasteiger partial charge on any atom is 0.306 e. The zero-order valence-corrected chi connectivity index (χ0v) is 13.3. The molecular formula is C15H19NO5S. The van der Waals surface area contributed by atoms with Crippen LogP contribution in [0.15, 0.2) is 29.2 Å². The number of carbonyl (C=O) groups excluding carboxylic acids is 1. The highest BCUT2D eigenvalue weighted by molar-refractivity contribution is 7.92. The fourth-order valence-corrected chi connectivity index (χ4v) is 3.33. The molecule has 0 radical (unpaired) electrons. The third kappa shape index (κ3) is 3.30. The lowest BCUT2D eigenvalue weighted by Crippen LogP contribution is -2.46. The number of amides is 1. The lowest BCUT2D eigenvalue weighted by molar-refractivity contribution is -0.145. The Hall–Kier alpha value is -1.89. The summed E-state index contributed by atoms with van der Waals surface area (Å²) in [6.45, 7) is 3.21. The molecule has 2 N–H and O–H groups in total. The second-order valence-corrected chi connectivity index (χ2v) is 8.30. The number of hydrogen-bond donors (Lipinski definition) is 2. The van der Waals surface area contributed by atoms with Gasteiger partial charge in [-0.3, -0.25) is 9.59 Å². The molecule has 1 fully saturated rings. The standard InChI is InChI=1S/C15H19NO5S/c1-9(2)22(20,21)13-5-3-10(4-6-13)14(17)16-12-7-11(8-12)15(18)19/h3-6,9,11-12H,7-8H2,1-2H3,(H,16,17)(H,18,19). The Labute approximate surface area is 129 Å². The number of aliphatic carboxylic acids is 1. The maximum atomic E-state index is 12.0. The van der Waals surface area contributed by atoms with Crippen LogP contribution in [0.25, 0.3) is 0 Å². The van der Waals surface area contributed by atoms with E-state index >= 15 is 0 Å². The van der Waals surface area contributed by atoms with Crippen molar-refractivity contribution in [2.75, 3.05) is 0 Å². The summed E-state index contributed by atoms with van der Waals surface area (Å²) < 4.78 is 24.0. The molecule has 1 saturated carbocycles. The van der Waals surface area contributed by atoms with Crippen LogP contribution < -0.4 is 5.32 Å². The molecule has 0 aliphatic heterocycles. The summed E-state index contributed by atoms with van der Waals surface area (Å²) in [6.07, 6.45) is 0.863. The van der Waals surface area contributed by atoms with E-state index in [0.29, 0.717) is 18.4 Å². The average Bonchev–Trinajstić information content (AvgIpc) is 2.41. The molecule has 22 heavy (non-hydrogen) atoms. The van der Waals surface area contributed by atoms with E-state index in [0.717, 1.165) is 0 Å². The van der Waals surface area contributed by atoms with Gasteiger partial charge >= 0.3 is 5.97 Å². The smallest absolute Gasteiger partial charge is 0.306 e. The first-order chi connectivity index (χ1) is 10.2. The number of rotatable bonds is 5. The molecule has 1 aromatic rings.